The largest absolute Gasteiger partial charge is 0.344 e. The average molecular weight is 356 g/mol. The van der Waals surface area contributed by atoms with Crippen LogP contribution in [-0.4, -0.2) is 29.3 Å². The highest BCUT2D eigenvalue weighted by Gasteiger charge is 2.28. The fourth-order valence-electron chi connectivity index (χ4n) is 3.13. The molecule has 1 atom stereocenters. The highest BCUT2D eigenvalue weighted by Crippen LogP contribution is 2.16. The smallest absolute Gasteiger partial charge is 0.245 e. The van der Waals surface area contributed by atoms with E-state index in [9.17, 15) is 9.59 Å². The molecular weight excluding hydrogens is 332 g/mol. The third kappa shape index (κ3) is 4.92. The van der Waals surface area contributed by atoms with Crippen molar-refractivity contribution in [2.24, 2.45) is 0 Å². The van der Waals surface area contributed by atoms with Gasteiger partial charge in [-0.1, -0.05) is 35.9 Å². The van der Waals surface area contributed by atoms with Crippen molar-refractivity contribution in [2.75, 3.05) is 6.54 Å². The molecule has 2 heterocycles. The fraction of sp³-hybridized carbons (Fsp3) is 0.400. The quantitative estimate of drug-likeness (QED) is 0.894. The lowest BCUT2D eigenvalue weighted by Crippen LogP contribution is -2.47. The van der Waals surface area contributed by atoms with E-state index >= 15 is 0 Å². The molecule has 1 aromatic carbocycles. The minimum Gasteiger partial charge on any atom is -0.344 e. The van der Waals surface area contributed by atoms with Gasteiger partial charge in [0.25, 0.3) is 0 Å². The van der Waals surface area contributed by atoms with Gasteiger partial charge in [0.2, 0.25) is 11.8 Å². The molecule has 3 rings (SSSR count). The second-order valence-corrected chi connectivity index (χ2v) is 7.65. The van der Waals surface area contributed by atoms with E-state index in [2.05, 4.69) is 36.5 Å². The van der Waals surface area contributed by atoms with Gasteiger partial charge in [-0.25, -0.2) is 0 Å². The zero-order valence-electron chi connectivity index (χ0n) is 14.5. The normalized spacial score (nSPS) is 18.0. The van der Waals surface area contributed by atoms with Gasteiger partial charge in [0.1, 0.15) is 6.04 Å². The highest BCUT2D eigenvalue weighted by atomic mass is 32.1. The van der Waals surface area contributed by atoms with E-state index in [1.54, 1.807) is 11.3 Å². The summed E-state index contributed by atoms with van der Waals surface area (Å²) in [5, 5.41) is 4.91. The Labute approximate surface area is 152 Å². The van der Waals surface area contributed by atoms with Crippen LogP contribution in [0.15, 0.2) is 41.8 Å². The lowest BCUT2D eigenvalue weighted by atomic mass is 10.1. The van der Waals surface area contributed by atoms with Gasteiger partial charge in [-0.05, 0) is 43.2 Å². The second-order valence-electron chi connectivity index (χ2n) is 6.62. The molecule has 25 heavy (non-hydrogen) atoms. The molecule has 1 N–H and O–H groups in total. The number of thiophene rings is 1. The number of amides is 2. The Morgan fingerprint density at radius 1 is 1.24 bits per heavy atom. The molecule has 1 aliphatic rings. The fourth-order valence-corrected chi connectivity index (χ4v) is 3.83. The Balaban J connectivity index is 1.62. The van der Waals surface area contributed by atoms with Crippen molar-refractivity contribution in [3.63, 3.8) is 0 Å². The number of aryl methyl sites for hydroxylation is 1. The van der Waals surface area contributed by atoms with Crippen LogP contribution in [0, 0.1) is 6.92 Å². The third-order valence-corrected chi connectivity index (χ3v) is 5.40. The first kappa shape index (κ1) is 17.7. The van der Waals surface area contributed by atoms with Gasteiger partial charge in [0, 0.05) is 18.0 Å². The summed E-state index contributed by atoms with van der Waals surface area (Å²) in [7, 11) is 0. The summed E-state index contributed by atoms with van der Waals surface area (Å²) in [5.74, 6) is -0.0319. The van der Waals surface area contributed by atoms with Crippen molar-refractivity contribution in [3.8, 4) is 0 Å². The van der Waals surface area contributed by atoms with E-state index in [4.69, 9.17) is 0 Å². The van der Waals surface area contributed by atoms with Crippen LogP contribution in [0.5, 0.6) is 0 Å². The molecule has 0 radical (unpaired) electrons. The monoisotopic (exact) mass is 356 g/mol. The number of nitrogens with zero attached hydrogens (tertiary/aromatic N) is 1. The van der Waals surface area contributed by atoms with Crippen molar-refractivity contribution in [1.82, 2.24) is 10.2 Å². The number of likely N-dealkylation sites (tertiary alicyclic amines) is 1. The molecular formula is C20H24N2O2S. The van der Waals surface area contributed by atoms with Crippen molar-refractivity contribution in [2.45, 2.75) is 45.2 Å². The van der Waals surface area contributed by atoms with Crippen molar-refractivity contribution >= 4 is 23.2 Å². The summed E-state index contributed by atoms with van der Waals surface area (Å²) in [6.07, 6.45) is 3.01. The molecule has 4 nitrogen and oxygen atoms in total. The van der Waals surface area contributed by atoms with E-state index in [0.29, 0.717) is 13.0 Å². The highest BCUT2D eigenvalue weighted by molar-refractivity contribution is 7.10. The number of hydrogen-bond donors (Lipinski definition) is 1. The minimum atomic E-state index is -0.402. The third-order valence-electron chi connectivity index (χ3n) is 4.52. The van der Waals surface area contributed by atoms with Gasteiger partial charge in [-0.3, -0.25) is 9.59 Å². The zero-order chi connectivity index (χ0) is 17.6. The summed E-state index contributed by atoms with van der Waals surface area (Å²) >= 11 is 1.57. The molecule has 2 amide bonds. The van der Waals surface area contributed by atoms with E-state index < -0.39 is 6.04 Å². The Kier molecular flexibility index (Phi) is 5.87. The lowest BCUT2D eigenvalue weighted by Gasteiger charge is -2.25. The minimum absolute atomic E-state index is 0.0394. The number of rotatable bonds is 5. The summed E-state index contributed by atoms with van der Waals surface area (Å²) in [4.78, 5) is 28.0. The molecule has 0 aliphatic carbocycles. The van der Waals surface area contributed by atoms with Gasteiger partial charge in [-0.2, -0.15) is 0 Å². The van der Waals surface area contributed by atoms with Gasteiger partial charge in [-0.15, -0.1) is 11.3 Å². The number of benzene rings is 1. The maximum Gasteiger partial charge on any atom is 0.245 e. The Morgan fingerprint density at radius 3 is 2.76 bits per heavy atom. The van der Waals surface area contributed by atoms with Gasteiger partial charge >= 0.3 is 0 Å². The van der Waals surface area contributed by atoms with Crippen LogP contribution in [0.2, 0.25) is 0 Å². The van der Waals surface area contributed by atoms with Crippen LogP contribution in [0.4, 0.5) is 0 Å². The second kappa shape index (κ2) is 8.30. The van der Waals surface area contributed by atoms with Crippen molar-refractivity contribution < 1.29 is 9.59 Å². The van der Waals surface area contributed by atoms with Crippen LogP contribution in [0.1, 0.15) is 35.3 Å². The number of carbonyl (C=O) groups is 2. The molecule has 5 heteroatoms. The Bertz CT molecular complexity index is 710. The maximum atomic E-state index is 12.9. The van der Waals surface area contributed by atoms with Gasteiger partial charge in [0.05, 0.1) is 6.42 Å². The first-order valence-electron chi connectivity index (χ1n) is 8.78. The summed E-state index contributed by atoms with van der Waals surface area (Å²) < 4.78 is 0. The standard InChI is InChI=1S/C20H24N2O2S/c1-15-7-9-16(10-8-15)14-22-11-3-2-6-18(20(22)24)21-19(23)13-17-5-4-12-25-17/h4-5,7-10,12,18H,2-3,6,11,13-14H2,1H3,(H,21,23). The molecule has 0 saturated carbocycles. The molecule has 1 aliphatic heterocycles. The summed E-state index contributed by atoms with van der Waals surface area (Å²) in [6, 6.07) is 11.8. The van der Waals surface area contributed by atoms with E-state index in [-0.39, 0.29) is 11.8 Å². The predicted molar refractivity (Wildman–Crippen MR) is 100 cm³/mol. The van der Waals surface area contributed by atoms with Crippen LogP contribution in [0.3, 0.4) is 0 Å². The maximum absolute atomic E-state index is 12.9. The first-order chi connectivity index (χ1) is 12.1. The molecule has 1 aromatic heterocycles. The Hall–Kier alpha value is -2.14. The van der Waals surface area contributed by atoms with Gasteiger partial charge in [0.15, 0.2) is 0 Å². The Morgan fingerprint density at radius 2 is 2.04 bits per heavy atom. The lowest BCUT2D eigenvalue weighted by molar-refractivity contribution is -0.136. The number of nitrogens with one attached hydrogen (secondary N) is 1. The topological polar surface area (TPSA) is 49.4 Å². The summed E-state index contributed by atoms with van der Waals surface area (Å²) in [5.41, 5.74) is 2.34. The average Bonchev–Trinajstić information content (AvgIpc) is 3.04. The molecule has 0 spiro atoms. The van der Waals surface area contributed by atoms with Crippen LogP contribution < -0.4 is 5.32 Å². The first-order valence-corrected chi connectivity index (χ1v) is 9.66. The molecule has 132 valence electrons. The molecule has 0 bridgehead atoms. The SMILES string of the molecule is Cc1ccc(CN2CCCCC(NC(=O)Cc3cccs3)C2=O)cc1. The molecule has 1 unspecified atom stereocenters. The molecule has 1 saturated heterocycles. The zero-order valence-corrected chi connectivity index (χ0v) is 15.3. The number of hydrogen-bond acceptors (Lipinski definition) is 3. The summed E-state index contributed by atoms with van der Waals surface area (Å²) in [6.45, 7) is 3.42. The van der Waals surface area contributed by atoms with Crippen molar-refractivity contribution in [1.29, 1.82) is 0 Å². The number of carbonyl (C=O) groups excluding carboxylic acids is 2. The molecule has 2 aromatic rings. The van der Waals surface area contributed by atoms with E-state index in [1.807, 2.05) is 22.4 Å². The van der Waals surface area contributed by atoms with E-state index in [0.717, 1.165) is 36.2 Å². The van der Waals surface area contributed by atoms with Gasteiger partial charge < -0.3 is 10.2 Å². The van der Waals surface area contributed by atoms with Crippen LogP contribution in [0.25, 0.3) is 0 Å². The molecule has 1 fully saturated rings. The predicted octanol–water partition coefficient (Wildman–Crippen LogP) is 3.30. The van der Waals surface area contributed by atoms with Crippen LogP contribution in [-0.2, 0) is 22.6 Å². The van der Waals surface area contributed by atoms with Crippen LogP contribution >= 0.6 is 11.3 Å². The van der Waals surface area contributed by atoms with Crippen molar-refractivity contribution in [3.05, 3.63) is 57.8 Å². The van der Waals surface area contributed by atoms with E-state index in [1.165, 1.54) is 5.56 Å².